The number of morpholine rings is 1. The molecule has 0 aliphatic carbocycles. The van der Waals surface area contributed by atoms with Crippen molar-refractivity contribution in [2.75, 3.05) is 44.2 Å². The number of hydrogen-bond donors (Lipinski definition) is 0. The van der Waals surface area contributed by atoms with E-state index in [0.29, 0.717) is 44.8 Å². The first-order valence-corrected chi connectivity index (χ1v) is 12.2. The smallest absolute Gasteiger partial charge is 0.254 e. The third kappa shape index (κ3) is 4.79. The van der Waals surface area contributed by atoms with Crippen LogP contribution in [0.2, 0.25) is 0 Å². The van der Waals surface area contributed by atoms with E-state index in [9.17, 15) is 17.6 Å². The molecule has 2 atom stereocenters. The van der Waals surface area contributed by atoms with Gasteiger partial charge in [0.1, 0.15) is 5.82 Å². The molecule has 2 aliphatic heterocycles. The maximum atomic E-state index is 13.2. The summed E-state index contributed by atoms with van der Waals surface area (Å²) >= 11 is 0. The topological polar surface area (TPSA) is 70.2 Å². The van der Waals surface area contributed by atoms with E-state index in [1.165, 1.54) is 28.6 Å². The number of carbonyl (C=O) groups is 1. The average Bonchev–Trinajstić information content (AvgIpc) is 2.78. The van der Waals surface area contributed by atoms with Gasteiger partial charge in [-0.25, -0.2) is 12.8 Å². The molecule has 32 heavy (non-hydrogen) atoms. The third-order valence-electron chi connectivity index (χ3n) is 5.86. The van der Waals surface area contributed by atoms with E-state index >= 15 is 0 Å². The zero-order valence-electron chi connectivity index (χ0n) is 18.3. The van der Waals surface area contributed by atoms with E-state index in [0.717, 1.165) is 5.69 Å². The lowest BCUT2D eigenvalue weighted by molar-refractivity contribution is -0.0586. The summed E-state index contributed by atoms with van der Waals surface area (Å²) in [6, 6.07) is 12.5. The van der Waals surface area contributed by atoms with Crippen LogP contribution in [0, 0.1) is 5.82 Å². The number of rotatable bonds is 4. The first-order chi connectivity index (χ1) is 15.2. The average molecular weight is 462 g/mol. The van der Waals surface area contributed by atoms with Gasteiger partial charge in [0, 0.05) is 50.5 Å². The fourth-order valence-electron chi connectivity index (χ4n) is 4.30. The number of benzene rings is 2. The Morgan fingerprint density at radius 1 is 0.969 bits per heavy atom. The van der Waals surface area contributed by atoms with Crippen molar-refractivity contribution in [2.24, 2.45) is 0 Å². The molecule has 2 fully saturated rings. The Labute approximate surface area is 188 Å². The zero-order valence-corrected chi connectivity index (χ0v) is 19.1. The van der Waals surface area contributed by atoms with Crippen molar-refractivity contribution < 1.29 is 22.3 Å². The first-order valence-electron chi connectivity index (χ1n) is 10.8. The van der Waals surface area contributed by atoms with Crippen molar-refractivity contribution in [1.82, 2.24) is 9.21 Å². The summed E-state index contributed by atoms with van der Waals surface area (Å²) in [6.45, 7) is 6.44. The van der Waals surface area contributed by atoms with Crippen molar-refractivity contribution in [1.29, 1.82) is 0 Å². The van der Waals surface area contributed by atoms with Gasteiger partial charge in [0.2, 0.25) is 10.0 Å². The number of halogens is 1. The number of hydrogen-bond acceptors (Lipinski definition) is 5. The van der Waals surface area contributed by atoms with Crippen molar-refractivity contribution in [2.45, 2.75) is 31.0 Å². The van der Waals surface area contributed by atoms with Gasteiger partial charge in [-0.15, -0.1) is 0 Å². The quantitative estimate of drug-likeness (QED) is 0.700. The van der Waals surface area contributed by atoms with Crippen LogP contribution in [0.25, 0.3) is 0 Å². The highest BCUT2D eigenvalue weighted by Gasteiger charge is 2.31. The van der Waals surface area contributed by atoms with Gasteiger partial charge in [-0.3, -0.25) is 4.79 Å². The second kappa shape index (κ2) is 9.17. The molecule has 2 aromatic carbocycles. The number of carbonyl (C=O) groups excluding carboxylic acids is 1. The highest BCUT2D eigenvalue weighted by atomic mass is 32.2. The van der Waals surface area contributed by atoms with Crippen LogP contribution in [-0.4, -0.2) is 75.0 Å². The van der Waals surface area contributed by atoms with E-state index in [1.54, 1.807) is 29.2 Å². The molecule has 2 aliphatic rings. The van der Waals surface area contributed by atoms with Crippen LogP contribution in [0.3, 0.4) is 0 Å². The number of piperazine rings is 1. The van der Waals surface area contributed by atoms with Crippen LogP contribution in [0.5, 0.6) is 0 Å². The minimum Gasteiger partial charge on any atom is -0.372 e. The summed E-state index contributed by atoms with van der Waals surface area (Å²) in [5, 5.41) is 0. The molecule has 4 rings (SSSR count). The van der Waals surface area contributed by atoms with Gasteiger partial charge >= 0.3 is 0 Å². The van der Waals surface area contributed by atoms with Gasteiger partial charge in [-0.2, -0.15) is 4.31 Å². The van der Waals surface area contributed by atoms with Gasteiger partial charge in [0.15, 0.2) is 0 Å². The van der Waals surface area contributed by atoms with E-state index in [1.807, 2.05) is 18.7 Å². The predicted molar refractivity (Wildman–Crippen MR) is 120 cm³/mol. The minimum absolute atomic E-state index is 0.0629. The maximum absolute atomic E-state index is 13.2. The summed E-state index contributed by atoms with van der Waals surface area (Å²) in [6.07, 6.45) is -0.126. The second-order valence-electron chi connectivity index (χ2n) is 8.36. The van der Waals surface area contributed by atoms with Crippen LogP contribution in [-0.2, 0) is 14.8 Å². The molecule has 1 amide bonds. The lowest BCUT2D eigenvalue weighted by Crippen LogP contribution is -2.49. The highest BCUT2D eigenvalue weighted by molar-refractivity contribution is 7.89. The van der Waals surface area contributed by atoms with E-state index in [-0.39, 0.29) is 28.8 Å². The fourth-order valence-corrected chi connectivity index (χ4v) is 5.77. The molecule has 7 nitrogen and oxygen atoms in total. The van der Waals surface area contributed by atoms with Crippen molar-refractivity contribution in [3.63, 3.8) is 0 Å². The summed E-state index contributed by atoms with van der Waals surface area (Å²) in [5.74, 6) is -0.490. The zero-order chi connectivity index (χ0) is 22.9. The lowest BCUT2D eigenvalue weighted by Gasteiger charge is -2.36. The second-order valence-corrected chi connectivity index (χ2v) is 10.3. The molecular formula is C23H28FN3O4S. The van der Waals surface area contributed by atoms with Crippen molar-refractivity contribution in [3.05, 3.63) is 59.9 Å². The molecule has 9 heteroatoms. The van der Waals surface area contributed by atoms with Gasteiger partial charge in [0.05, 0.1) is 17.1 Å². The maximum Gasteiger partial charge on any atom is 0.254 e. The normalized spacial score (nSPS) is 22.7. The minimum atomic E-state index is -3.73. The molecule has 2 aromatic rings. The van der Waals surface area contributed by atoms with Crippen LogP contribution >= 0.6 is 0 Å². The largest absolute Gasteiger partial charge is 0.372 e. The number of ether oxygens (including phenoxy) is 1. The summed E-state index contributed by atoms with van der Waals surface area (Å²) < 4.78 is 46.8. The Kier molecular flexibility index (Phi) is 6.50. The van der Waals surface area contributed by atoms with E-state index in [4.69, 9.17) is 4.74 Å². The Morgan fingerprint density at radius 3 is 2.22 bits per heavy atom. The molecule has 0 spiro atoms. The molecule has 0 radical (unpaired) electrons. The highest BCUT2D eigenvalue weighted by Crippen LogP contribution is 2.23. The third-order valence-corrected chi connectivity index (χ3v) is 7.75. The molecule has 0 bridgehead atoms. The van der Waals surface area contributed by atoms with E-state index in [2.05, 4.69) is 0 Å². The van der Waals surface area contributed by atoms with E-state index < -0.39 is 10.0 Å². The number of sulfonamides is 1. The Hall–Kier alpha value is -2.49. The van der Waals surface area contributed by atoms with Crippen LogP contribution in [0.15, 0.2) is 53.4 Å². The summed E-state index contributed by atoms with van der Waals surface area (Å²) in [4.78, 5) is 16.9. The van der Waals surface area contributed by atoms with Gasteiger partial charge in [-0.1, -0.05) is 6.07 Å². The number of nitrogens with zero attached hydrogens (tertiary/aromatic N) is 3. The van der Waals surface area contributed by atoms with Gasteiger partial charge in [-0.05, 0) is 56.3 Å². The number of amides is 1. The molecular weight excluding hydrogens is 433 g/mol. The number of anilines is 1. The Bertz CT molecular complexity index is 1060. The predicted octanol–water partition coefficient (Wildman–Crippen LogP) is 2.59. The molecule has 0 aromatic heterocycles. The van der Waals surface area contributed by atoms with Crippen molar-refractivity contribution in [3.8, 4) is 0 Å². The summed E-state index contributed by atoms with van der Waals surface area (Å²) in [5.41, 5.74) is 1.22. The molecule has 172 valence electrons. The molecule has 2 heterocycles. The Morgan fingerprint density at radius 2 is 1.59 bits per heavy atom. The van der Waals surface area contributed by atoms with Gasteiger partial charge < -0.3 is 14.5 Å². The molecule has 0 saturated carbocycles. The molecule has 2 saturated heterocycles. The monoisotopic (exact) mass is 461 g/mol. The first kappa shape index (κ1) is 22.7. The fraction of sp³-hybridized carbons (Fsp3) is 0.435. The molecule has 0 unspecified atom stereocenters. The summed E-state index contributed by atoms with van der Waals surface area (Å²) in [7, 11) is -3.73. The lowest BCUT2D eigenvalue weighted by atomic mass is 10.1. The van der Waals surface area contributed by atoms with Crippen LogP contribution in [0.1, 0.15) is 24.2 Å². The Balaban J connectivity index is 1.46. The molecule has 0 N–H and O–H groups in total. The van der Waals surface area contributed by atoms with Crippen molar-refractivity contribution >= 4 is 21.6 Å². The SMILES string of the molecule is C[C@@H]1CN(C(=O)c2cccc(S(=O)(=O)N3CCN(c4ccc(F)cc4)CC3)c2)C[C@H](C)O1. The van der Waals surface area contributed by atoms with Crippen LogP contribution < -0.4 is 4.90 Å². The van der Waals surface area contributed by atoms with Gasteiger partial charge in [0.25, 0.3) is 5.91 Å². The standard InChI is InChI=1S/C23H28FN3O4S/c1-17-15-26(16-18(2)31-17)23(28)19-4-3-5-22(14-19)32(29,30)27-12-10-25(11-13-27)21-8-6-20(24)7-9-21/h3-9,14,17-18H,10-13,15-16H2,1-2H3/t17-,18+. The van der Waals surface area contributed by atoms with Crippen LogP contribution in [0.4, 0.5) is 10.1 Å².